The number of hydrogen-bond acceptors (Lipinski definition) is 3. The number of aryl methyl sites for hydroxylation is 1. The summed E-state index contributed by atoms with van der Waals surface area (Å²) in [5.41, 5.74) is 2.69. The number of rotatable bonds is 1. The number of thiophene rings is 2. The Balaban J connectivity index is 0.000000415. The van der Waals surface area contributed by atoms with Gasteiger partial charge in [0.25, 0.3) is 0 Å². The molecule has 0 saturated heterocycles. The summed E-state index contributed by atoms with van der Waals surface area (Å²) in [6.07, 6.45) is 0. The molecule has 0 aliphatic rings. The monoisotopic (exact) mass is 293 g/mol. The molecule has 3 heteroatoms. The Bertz CT molecular complexity index is 583. The van der Waals surface area contributed by atoms with E-state index in [1.165, 1.54) is 31.4 Å². The van der Waals surface area contributed by atoms with Crippen LogP contribution in [0.4, 0.5) is 5.69 Å². The lowest BCUT2D eigenvalue weighted by atomic mass is 10.1. The minimum Gasteiger partial charge on any atom is -0.386 e. The smallest absolute Gasteiger partial charge is 0.0700 e. The summed E-state index contributed by atoms with van der Waals surface area (Å²) in [5.74, 6) is 0. The molecule has 0 aliphatic carbocycles. The summed E-state index contributed by atoms with van der Waals surface area (Å²) in [6.45, 7) is 10.2. The van der Waals surface area contributed by atoms with Crippen LogP contribution in [0.1, 0.15) is 33.3 Å². The number of fused-ring (bicyclic) bond motifs is 2. The SMILES string of the molecule is CC.CC.CNc1c2sccc2c(C)c2ccsc12. The third-order valence-electron chi connectivity index (χ3n) is 2.84. The number of anilines is 1. The molecule has 0 spiro atoms. The van der Waals surface area contributed by atoms with E-state index in [2.05, 4.69) is 35.1 Å². The lowest BCUT2D eigenvalue weighted by Crippen LogP contribution is -1.89. The van der Waals surface area contributed by atoms with Crippen molar-refractivity contribution in [3.05, 3.63) is 28.5 Å². The molecule has 0 atom stereocenters. The van der Waals surface area contributed by atoms with Crippen LogP contribution in [-0.4, -0.2) is 7.05 Å². The van der Waals surface area contributed by atoms with Crippen molar-refractivity contribution < 1.29 is 0 Å². The zero-order chi connectivity index (χ0) is 14.4. The molecule has 2 aromatic heterocycles. The molecule has 104 valence electrons. The highest BCUT2D eigenvalue weighted by molar-refractivity contribution is 7.21. The molecule has 0 aliphatic heterocycles. The van der Waals surface area contributed by atoms with Gasteiger partial charge in [0.2, 0.25) is 0 Å². The molecule has 3 aromatic rings. The molecular weight excluding hydrogens is 270 g/mol. The highest BCUT2D eigenvalue weighted by atomic mass is 32.1. The minimum absolute atomic E-state index is 1.29. The highest BCUT2D eigenvalue weighted by Gasteiger charge is 2.11. The maximum absolute atomic E-state index is 3.33. The lowest BCUT2D eigenvalue weighted by Gasteiger charge is -2.07. The van der Waals surface area contributed by atoms with Gasteiger partial charge in [-0.3, -0.25) is 0 Å². The average Bonchev–Trinajstić information content (AvgIpc) is 3.13. The Labute approximate surface area is 124 Å². The predicted molar refractivity (Wildman–Crippen MR) is 94.2 cm³/mol. The molecule has 1 N–H and O–H groups in total. The van der Waals surface area contributed by atoms with Crippen LogP contribution in [0.2, 0.25) is 0 Å². The lowest BCUT2D eigenvalue weighted by molar-refractivity contribution is 1.50. The van der Waals surface area contributed by atoms with E-state index < -0.39 is 0 Å². The molecule has 0 bridgehead atoms. The molecule has 1 aromatic carbocycles. The Hall–Kier alpha value is -1.06. The Morgan fingerprint density at radius 2 is 1.26 bits per heavy atom. The Morgan fingerprint density at radius 3 is 1.63 bits per heavy atom. The van der Waals surface area contributed by atoms with Gasteiger partial charge in [-0.25, -0.2) is 0 Å². The van der Waals surface area contributed by atoms with Crippen LogP contribution >= 0.6 is 22.7 Å². The van der Waals surface area contributed by atoms with Crippen molar-refractivity contribution in [3.63, 3.8) is 0 Å². The van der Waals surface area contributed by atoms with Gasteiger partial charge in [-0.2, -0.15) is 0 Å². The van der Waals surface area contributed by atoms with Gasteiger partial charge >= 0.3 is 0 Å². The second-order valence-corrected chi connectivity index (χ2v) is 5.41. The highest BCUT2D eigenvalue weighted by Crippen LogP contribution is 2.41. The summed E-state index contributed by atoms with van der Waals surface area (Å²) < 4.78 is 2.76. The second-order valence-electron chi connectivity index (χ2n) is 3.58. The van der Waals surface area contributed by atoms with Crippen molar-refractivity contribution in [1.29, 1.82) is 0 Å². The van der Waals surface area contributed by atoms with E-state index in [9.17, 15) is 0 Å². The van der Waals surface area contributed by atoms with Crippen molar-refractivity contribution in [2.75, 3.05) is 12.4 Å². The van der Waals surface area contributed by atoms with Crippen LogP contribution in [0.3, 0.4) is 0 Å². The zero-order valence-electron chi connectivity index (χ0n) is 12.6. The molecule has 0 unspecified atom stereocenters. The maximum Gasteiger partial charge on any atom is 0.0700 e. The zero-order valence-corrected chi connectivity index (χ0v) is 14.3. The van der Waals surface area contributed by atoms with Crippen LogP contribution in [0.15, 0.2) is 22.9 Å². The van der Waals surface area contributed by atoms with Gasteiger partial charge in [0.15, 0.2) is 0 Å². The van der Waals surface area contributed by atoms with Crippen molar-refractivity contribution in [1.82, 2.24) is 0 Å². The second kappa shape index (κ2) is 7.51. The first kappa shape index (κ1) is 16.0. The van der Waals surface area contributed by atoms with Crippen molar-refractivity contribution in [3.8, 4) is 0 Å². The first-order valence-electron chi connectivity index (χ1n) is 6.87. The van der Waals surface area contributed by atoms with Gasteiger partial charge in [-0.05, 0) is 46.2 Å². The summed E-state index contributed by atoms with van der Waals surface area (Å²) >= 11 is 3.63. The minimum atomic E-state index is 1.29. The molecule has 2 heterocycles. The fourth-order valence-electron chi connectivity index (χ4n) is 2.07. The summed E-state index contributed by atoms with van der Waals surface area (Å²) in [6, 6.07) is 4.43. The normalized spacial score (nSPS) is 9.58. The molecule has 1 nitrogen and oxygen atoms in total. The molecule has 3 rings (SSSR count). The number of hydrogen-bond donors (Lipinski definition) is 1. The van der Waals surface area contributed by atoms with Gasteiger partial charge in [0.1, 0.15) is 0 Å². The van der Waals surface area contributed by atoms with Gasteiger partial charge < -0.3 is 5.32 Å². The average molecular weight is 294 g/mol. The molecule has 19 heavy (non-hydrogen) atoms. The standard InChI is InChI=1S/C12H11NS2.2C2H6/c1-7-8-3-5-14-11(8)10(13-2)12-9(7)4-6-15-12;2*1-2/h3-6,13H,1-2H3;2*1-2H3. The fourth-order valence-corrected chi connectivity index (χ4v) is 4.16. The van der Waals surface area contributed by atoms with Gasteiger partial charge in [-0.1, -0.05) is 27.7 Å². The van der Waals surface area contributed by atoms with E-state index in [-0.39, 0.29) is 0 Å². The summed E-state index contributed by atoms with van der Waals surface area (Å²) in [5, 5.41) is 10.4. The largest absolute Gasteiger partial charge is 0.386 e. The van der Waals surface area contributed by atoms with Gasteiger partial charge in [0.05, 0.1) is 15.1 Å². The molecule has 0 radical (unpaired) electrons. The van der Waals surface area contributed by atoms with Gasteiger partial charge in [-0.15, -0.1) is 22.7 Å². The summed E-state index contributed by atoms with van der Waals surface area (Å²) in [7, 11) is 2.00. The molecular formula is C16H23NS2. The van der Waals surface area contributed by atoms with Crippen LogP contribution in [0.5, 0.6) is 0 Å². The van der Waals surface area contributed by atoms with Crippen LogP contribution < -0.4 is 5.32 Å². The van der Waals surface area contributed by atoms with E-state index in [4.69, 9.17) is 0 Å². The van der Waals surface area contributed by atoms with Crippen LogP contribution in [-0.2, 0) is 0 Å². The quantitative estimate of drug-likeness (QED) is 0.538. The predicted octanol–water partition coefficient (Wildman–Crippen LogP) is 6.52. The maximum atomic E-state index is 3.33. The van der Waals surface area contributed by atoms with Crippen LogP contribution in [0.25, 0.3) is 20.2 Å². The third-order valence-corrected chi connectivity index (χ3v) is 4.71. The van der Waals surface area contributed by atoms with Crippen molar-refractivity contribution in [2.45, 2.75) is 34.6 Å². The van der Waals surface area contributed by atoms with E-state index >= 15 is 0 Å². The third kappa shape index (κ3) is 2.77. The molecule has 0 fully saturated rings. The summed E-state index contributed by atoms with van der Waals surface area (Å²) in [4.78, 5) is 0. The number of benzene rings is 1. The van der Waals surface area contributed by atoms with E-state index in [0.717, 1.165) is 0 Å². The Morgan fingerprint density at radius 1 is 0.842 bits per heavy atom. The fraction of sp³-hybridized carbons (Fsp3) is 0.375. The van der Waals surface area contributed by atoms with Crippen molar-refractivity contribution >= 4 is 48.5 Å². The molecule has 0 amide bonds. The van der Waals surface area contributed by atoms with E-state index in [1.54, 1.807) is 0 Å². The van der Waals surface area contributed by atoms with Crippen LogP contribution in [0, 0.1) is 6.92 Å². The van der Waals surface area contributed by atoms with Gasteiger partial charge in [0, 0.05) is 7.05 Å². The number of nitrogens with one attached hydrogen (secondary N) is 1. The van der Waals surface area contributed by atoms with E-state index in [1.807, 2.05) is 57.4 Å². The first-order valence-corrected chi connectivity index (χ1v) is 8.63. The van der Waals surface area contributed by atoms with E-state index in [0.29, 0.717) is 0 Å². The topological polar surface area (TPSA) is 12.0 Å². The van der Waals surface area contributed by atoms with Crippen molar-refractivity contribution in [2.24, 2.45) is 0 Å². The molecule has 0 saturated carbocycles. The Kier molecular flexibility index (Phi) is 6.32. The first-order chi connectivity index (χ1) is 9.33.